The number of rotatable bonds is 1. The molecule has 1 aromatic heterocycles. The molecule has 0 aromatic carbocycles. The van der Waals surface area contributed by atoms with E-state index in [0.29, 0.717) is 5.89 Å². The van der Waals surface area contributed by atoms with E-state index in [2.05, 4.69) is 17.6 Å². The molecule has 0 amide bonds. The van der Waals surface area contributed by atoms with Gasteiger partial charge in [0.2, 0.25) is 5.89 Å². The molecule has 0 atom stereocenters. The second-order valence-corrected chi connectivity index (χ2v) is 3.51. The summed E-state index contributed by atoms with van der Waals surface area (Å²) in [5.74, 6) is 0.658. The fourth-order valence-electron chi connectivity index (χ4n) is 0.526. The van der Waals surface area contributed by atoms with Gasteiger partial charge in [0.25, 0.3) is 0 Å². The number of thiol groups is 1. The van der Waals surface area contributed by atoms with Gasteiger partial charge in [0.05, 0.1) is 10.9 Å². The lowest BCUT2D eigenvalue weighted by molar-refractivity contribution is 0.453. The molecule has 0 aliphatic carbocycles. The molecular weight excluding hydrogens is 134 g/mol. The van der Waals surface area contributed by atoms with Gasteiger partial charge in [0, 0.05) is 0 Å². The van der Waals surface area contributed by atoms with Crippen molar-refractivity contribution >= 4 is 12.6 Å². The lowest BCUT2D eigenvalue weighted by atomic mass is 10.2. The van der Waals surface area contributed by atoms with Crippen LogP contribution in [-0.2, 0) is 4.75 Å². The van der Waals surface area contributed by atoms with Crippen molar-refractivity contribution in [3.63, 3.8) is 0 Å². The first-order valence-electron chi connectivity index (χ1n) is 2.73. The fourth-order valence-corrected chi connectivity index (χ4v) is 0.636. The van der Waals surface area contributed by atoms with E-state index in [0.717, 1.165) is 0 Å². The number of oxazole rings is 1. The highest BCUT2D eigenvalue weighted by Gasteiger charge is 2.18. The average molecular weight is 143 g/mol. The standard InChI is InChI=1S/C6H9NOS/c1-6(2,9)5-7-3-4-8-5/h3-4,9H,1-2H3. The highest BCUT2D eigenvalue weighted by molar-refractivity contribution is 7.81. The Labute approximate surface area is 59.7 Å². The normalized spacial score (nSPS) is 11.9. The van der Waals surface area contributed by atoms with Crippen LogP contribution in [0.3, 0.4) is 0 Å². The molecule has 50 valence electrons. The molecule has 9 heavy (non-hydrogen) atoms. The Morgan fingerprint density at radius 3 is 2.56 bits per heavy atom. The van der Waals surface area contributed by atoms with Crippen LogP contribution in [0.25, 0.3) is 0 Å². The van der Waals surface area contributed by atoms with Crippen molar-refractivity contribution in [3.05, 3.63) is 18.4 Å². The average Bonchev–Trinajstić information content (AvgIpc) is 2.08. The summed E-state index contributed by atoms with van der Waals surface area (Å²) in [7, 11) is 0. The van der Waals surface area contributed by atoms with E-state index in [1.54, 1.807) is 12.5 Å². The van der Waals surface area contributed by atoms with Crippen molar-refractivity contribution in [3.8, 4) is 0 Å². The van der Waals surface area contributed by atoms with Crippen LogP contribution in [0.1, 0.15) is 19.7 Å². The molecule has 0 spiro atoms. The predicted molar refractivity (Wildman–Crippen MR) is 38.5 cm³/mol. The highest BCUT2D eigenvalue weighted by Crippen LogP contribution is 2.24. The molecule has 0 fully saturated rings. The summed E-state index contributed by atoms with van der Waals surface area (Å²) in [6, 6.07) is 0. The Balaban J connectivity index is 2.90. The number of hydrogen-bond donors (Lipinski definition) is 1. The zero-order valence-corrected chi connectivity index (χ0v) is 6.35. The maximum atomic E-state index is 5.01. The van der Waals surface area contributed by atoms with Crippen molar-refractivity contribution < 1.29 is 4.42 Å². The molecule has 3 heteroatoms. The maximum absolute atomic E-state index is 5.01. The van der Waals surface area contributed by atoms with Gasteiger partial charge in [-0.3, -0.25) is 0 Å². The molecule has 0 radical (unpaired) electrons. The Morgan fingerprint density at radius 1 is 1.67 bits per heavy atom. The second kappa shape index (κ2) is 2.06. The van der Waals surface area contributed by atoms with Gasteiger partial charge in [-0.2, -0.15) is 12.6 Å². The molecule has 1 aromatic rings. The van der Waals surface area contributed by atoms with Crippen LogP contribution in [0.4, 0.5) is 0 Å². The quantitative estimate of drug-likeness (QED) is 0.607. The van der Waals surface area contributed by atoms with E-state index in [1.165, 1.54) is 0 Å². The van der Waals surface area contributed by atoms with Gasteiger partial charge in [-0.1, -0.05) is 0 Å². The topological polar surface area (TPSA) is 26.0 Å². The van der Waals surface area contributed by atoms with Crippen LogP contribution >= 0.6 is 12.6 Å². The van der Waals surface area contributed by atoms with Crippen molar-refractivity contribution in [1.82, 2.24) is 4.98 Å². The van der Waals surface area contributed by atoms with Crippen LogP contribution in [0.2, 0.25) is 0 Å². The molecule has 2 nitrogen and oxygen atoms in total. The molecule has 0 aliphatic heterocycles. The van der Waals surface area contributed by atoms with Gasteiger partial charge in [-0.15, -0.1) is 0 Å². The first-order chi connectivity index (χ1) is 4.11. The fraction of sp³-hybridized carbons (Fsp3) is 0.500. The van der Waals surface area contributed by atoms with E-state index in [9.17, 15) is 0 Å². The maximum Gasteiger partial charge on any atom is 0.209 e. The molecule has 0 saturated heterocycles. The number of nitrogens with zero attached hydrogens (tertiary/aromatic N) is 1. The summed E-state index contributed by atoms with van der Waals surface area (Å²) in [6.07, 6.45) is 3.17. The van der Waals surface area contributed by atoms with Gasteiger partial charge in [-0.25, -0.2) is 4.98 Å². The van der Waals surface area contributed by atoms with Crippen LogP contribution in [0.5, 0.6) is 0 Å². The lowest BCUT2D eigenvalue weighted by Crippen LogP contribution is -2.07. The minimum atomic E-state index is -0.260. The van der Waals surface area contributed by atoms with Crippen LogP contribution in [-0.4, -0.2) is 4.98 Å². The van der Waals surface area contributed by atoms with Gasteiger partial charge >= 0.3 is 0 Å². The van der Waals surface area contributed by atoms with Crippen molar-refractivity contribution in [2.45, 2.75) is 18.6 Å². The molecule has 0 N–H and O–H groups in total. The minimum absolute atomic E-state index is 0.260. The summed E-state index contributed by atoms with van der Waals surface area (Å²) in [4.78, 5) is 3.94. The van der Waals surface area contributed by atoms with Crippen LogP contribution < -0.4 is 0 Å². The van der Waals surface area contributed by atoms with Crippen molar-refractivity contribution in [2.75, 3.05) is 0 Å². The summed E-state index contributed by atoms with van der Waals surface area (Å²) in [5.41, 5.74) is 0. The Morgan fingerprint density at radius 2 is 2.33 bits per heavy atom. The molecule has 0 bridgehead atoms. The smallest absolute Gasteiger partial charge is 0.209 e. The van der Waals surface area contributed by atoms with Crippen molar-refractivity contribution in [2.24, 2.45) is 0 Å². The molecule has 0 saturated carbocycles. The van der Waals surface area contributed by atoms with E-state index in [1.807, 2.05) is 13.8 Å². The molecule has 0 aliphatic rings. The largest absolute Gasteiger partial charge is 0.448 e. The first kappa shape index (κ1) is 6.68. The van der Waals surface area contributed by atoms with Gasteiger partial charge in [0.15, 0.2) is 0 Å². The summed E-state index contributed by atoms with van der Waals surface area (Å²) >= 11 is 4.25. The van der Waals surface area contributed by atoms with E-state index >= 15 is 0 Å². The molecular formula is C6H9NOS. The highest BCUT2D eigenvalue weighted by atomic mass is 32.1. The van der Waals surface area contributed by atoms with Crippen LogP contribution in [0, 0.1) is 0 Å². The third-order valence-electron chi connectivity index (χ3n) is 0.956. The number of hydrogen-bond acceptors (Lipinski definition) is 3. The van der Waals surface area contributed by atoms with Crippen LogP contribution in [0.15, 0.2) is 16.9 Å². The van der Waals surface area contributed by atoms with Gasteiger partial charge in [0.1, 0.15) is 6.26 Å². The summed E-state index contributed by atoms with van der Waals surface area (Å²) in [6.45, 7) is 3.86. The third kappa shape index (κ3) is 1.48. The third-order valence-corrected chi connectivity index (χ3v) is 1.15. The predicted octanol–water partition coefficient (Wildman–Crippen LogP) is 1.84. The summed E-state index contributed by atoms with van der Waals surface area (Å²) < 4.78 is 4.75. The van der Waals surface area contributed by atoms with Crippen molar-refractivity contribution in [1.29, 1.82) is 0 Å². The zero-order valence-electron chi connectivity index (χ0n) is 5.46. The van der Waals surface area contributed by atoms with E-state index < -0.39 is 0 Å². The summed E-state index contributed by atoms with van der Waals surface area (Å²) in [5, 5.41) is 0. The monoisotopic (exact) mass is 143 g/mol. The first-order valence-corrected chi connectivity index (χ1v) is 3.18. The SMILES string of the molecule is CC(C)(S)c1ncco1. The van der Waals surface area contributed by atoms with E-state index in [4.69, 9.17) is 4.42 Å². The van der Waals surface area contributed by atoms with Gasteiger partial charge < -0.3 is 4.42 Å². The number of aromatic nitrogens is 1. The molecule has 1 heterocycles. The Kier molecular flexibility index (Phi) is 1.53. The second-order valence-electron chi connectivity index (χ2n) is 2.40. The zero-order chi connectivity index (χ0) is 6.91. The minimum Gasteiger partial charge on any atom is -0.448 e. The van der Waals surface area contributed by atoms with E-state index in [-0.39, 0.29) is 4.75 Å². The Hall–Kier alpha value is -0.440. The van der Waals surface area contributed by atoms with Gasteiger partial charge in [-0.05, 0) is 13.8 Å². The Bertz CT molecular complexity index is 175. The lowest BCUT2D eigenvalue weighted by Gasteiger charge is -2.10. The molecule has 1 rings (SSSR count). The molecule has 0 unspecified atom stereocenters.